The molecule has 0 radical (unpaired) electrons. The molecule has 0 heterocycles. The summed E-state index contributed by atoms with van der Waals surface area (Å²) < 4.78 is 0.657. The van der Waals surface area contributed by atoms with Gasteiger partial charge < -0.3 is 15.1 Å². The number of rotatable bonds is 4. The first kappa shape index (κ1) is 15.1. The number of phenols is 1. The van der Waals surface area contributed by atoms with Crippen molar-refractivity contribution in [2.75, 3.05) is 6.54 Å². The van der Waals surface area contributed by atoms with Gasteiger partial charge in [0.15, 0.2) is 0 Å². The lowest BCUT2D eigenvalue weighted by atomic mass is 10.1. The first-order valence-corrected chi connectivity index (χ1v) is 7.58. The predicted octanol–water partition coefficient (Wildman–Crippen LogP) is 2.47. The predicted molar refractivity (Wildman–Crippen MR) is 81.8 cm³/mol. The van der Waals surface area contributed by atoms with Crippen molar-refractivity contribution in [2.45, 2.75) is 31.7 Å². The minimum atomic E-state index is -1.01. The normalized spacial score (nSPS) is 15.2. The number of benzene rings is 1. The summed E-state index contributed by atoms with van der Waals surface area (Å²) in [6.07, 6.45) is 3.72. The highest BCUT2D eigenvalue weighted by molar-refractivity contribution is 14.1. The second kappa shape index (κ2) is 6.43. The number of carbonyl (C=O) groups is 2. The molecule has 20 heavy (non-hydrogen) atoms. The van der Waals surface area contributed by atoms with E-state index in [-0.39, 0.29) is 24.2 Å². The Hall–Kier alpha value is -1.31. The van der Waals surface area contributed by atoms with Crippen molar-refractivity contribution in [2.24, 2.45) is 0 Å². The standard InChI is InChI=1S/C14H16INO4/c15-11-6-5-9(7-12(11)17)14(20)16(8-13(18)19)10-3-1-2-4-10/h5-7,10,17H,1-4,8H2,(H,18,19). The van der Waals surface area contributed by atoms with Gasteiger partial charge in [-0.1, -0.05) is 12.8 Å². The van der Waals surface area contributed by atoms with Gasteiger partial charge in [0.2, 0.25) is 0 Å². The van der Waals surface area contributed by atoms with Crippen LogP contribution in [0.3, 0.4) is 0 Å². The first-order chi connectivity index (χ1) is 9.49. The Morgan fingerprint density at radius 2 is 1.95 bits per heavy atom. The third kappa shape index (κ3) is 3.41. The number of carbonyl (C=O) groups excluding carboxylic acids is 1. The Morgan fingerprint density at radius 3 is 2.50 bits per heavy atom. The number of carboxylic acid groups (broad SMARTS) is 1. The van der Waals surface area contributed by atoms with E-state index in [2.05, 4.69) is 0 Å². The molecule has 6 heteroatoms. The van der Waals surface area contributed by atoms with Gasteiger partial charge >= 0.3 is 5.97 Å². The first-order valence-electron chi connectivity index (χ1n) is 6.50. The molecular formula is C14H16INO4. The second-order valence-electron chi connectivity index (χ2n) is 4.93. The number of amides is 1. The fourth-order valence-electron chi connectivity index (χ4n) is 2.54. The van der Waals surface area contributed by atoms with Crippen molar-refractivity contribution >= 4 is 34.5 Å². The molecule has 0 aliphatic heterocycles. The van der Waals surface area contributed by atoms with Crippen LogP contribution in [0.1, 0.15) is 36.0 Å². The molecule has 1 fully saturated rings. The van der Waals surface area contributed by atoms with Gasteiger partial charge in [0, 0.05) is 11.6 Å². The largest absolute Gasteiger partial charge is 0.507 e. The summed E-state index contributed by atoms with van der Waals surface area (Å²) in [5, 5.41) is 18.7. The molecular weight excluding hydrogens is 373 g/mol. The molecule has 0 atom stereocenters. The molecule has 108 valence electrons. The molecule has 0 aromatic heterocycles. The average Bonchev–Trinajstić information content (AvgIpc) is 2.92. The van der Waals surface area contributed by atoms with Crippen molar-refractivity contribution in [3.05, 3.63) is 27.3 Å². The fraction of sp³-hybridized carbons (Fsp3) is 0.429. The summed E-state index contributed by atoms with van der Waals surface area (Å²) in [5.41, 5.74) is 0.330. The summed E-state index contributed by atoms with van der Waals surface area (Å²) in [5.74, 6) is -1.30. The van der Waals surface area contributed by atoms with E-state index in [0.29, 0.717) is 9.13 Å². The summed E-state index contributed by atoms with van der Waals surface area (Å²) in [6.45, 7) is -0.295. The summed E-state index contributed by atoms with van der Waals surface area (Å²) in [7, 11) is 0. The zero-order valence-corrected chi connectivity index (χ0v) is 13.0. The molecule has 5 nitrogen and oxygen atoms in total. The van der Waals surface area contributed by atoms with Gasteiger partial charge in [-0.25, -0.2) is 0 Å². The van der Waals surface area contributed by atoms with Crippen molar-refractivity contribution in [3.8, 4) is 5.75 Å². The van der Waals surface area contributed by atoms with Crippen molar-refractivity contribution < 1.29 is 19.8 Å². The van der Waals surface area contributed by atoms with Crippen LogP contribution in [0.4, 0.5) is 0 Å². The van der Waals surface area contributed by atoms with Crippen LogP contribution in [0.5, 0.6) is 5.75 Å². The van der Waals surface area contributed by atoms with E-state index in [1.807, 2.05) is 22.6 Å². The Bertz CT molecular complexity index is 526. The quantitative estimate of drug-likeness (QED) is 0.776. The lowest BCUT2D eigenvalue weighted by Crippen LogP contribution is -2.42. The third-order valence-electron chi connectivity index (χ3n) is 3.53. The van der Waals surface area contributed by atoms with E-state index in [4.69, 9.17) is 5.11 Å². The summed E-state index contributed by atoms with van der Waals surface area (Å²) in [4.78, 5) is 24.9. The maximum Gasteiger partial charge on any atom is 0.323 e. The molecule has 0 bridgehead atoms. The van der Waals surface area contributed by atoms with Crippen LogP contribution in [0.15, 0.2) is 18.2 Å². The highest BCUT2D eigenvalue weighted by Gasteiger charge is 2.29. The van der Waals surface area contributed by atoms with E-state index >= 15 is 0 Å². The van der Waals surface area contributed by atoms with Gasteiger partial charge in [0.25, 0.3) is 5.91 Å². The number of aromatic hydroxyl groups is 1. The van der Waals surface area contributed by atoms with Crippen LogP contribution in [0.2, 0.25) is 0 Å². The summed E-state index contributed by atoms with van der Waals surface area (Å²) >= 11 is 1.97. The minimum Gasteiger partial charge on any atom is -0.507 e. The van der Waals surface area contributed by atoms with Crippen LogP contribution in [-0.4, -0.2) is 39.6 Å². The van der Waals surface area contributed by atoms with E-state index in [1.165, 1.54) is 11.0 Å². The van der Waals surface area contributed by atoms with E-state index in [0.717, 1.165) is 25.7 Å². The lowest BCUT2D eigenvalue weighted by Gasteiger charge is -2.27. The number of carboxylic acids is 1. The van der Waals surface area contributed by atoms with Crippen LogP contribution in [0.25, 0.3) is 0 Å². The number of halogens is 1. The van der Waals surface area contributed by atoms with Gasteiger partial charge in [-0.05, 0) is 53.6 Å². The molecule has 0 spiro atoms. The summed E-state index contributed by atoms with van der Waals surface area (Å²) in [6, 6.07) is 4.65. The zero-order chi connectivity index (χ0) is 14.7. The topological polar surface area (TPSA) is 77.8 Å². The molecule has 0 saturated heterocycles. The Morgan fingerprint density at radius 1 is 1.30 bits per heavy atom. The van der Waals surface area contributed by atoms with Crippen molar-refractivity contribution in [1.82, 2.24) is 4.90 Å². The van der Waals surface area contributed by atoms with Crippen LogP contribution in [-0.2, 0) is 4.79 Å². The second-order valence-corrected chi connectivity index (χ2v) is 6.09. The van der Waals surface area contributed by atoms with Crippen LogP contribution in [0, 0.1) is 3.57 Å². The maximum absolute atomic E-state index is 12.5. The van der Waals surface area contributed by atoms with E-state index < -0.39 is 5.97 Å². The van der Waals surface area contributed by atoms with Crippen LogP contribution >= 0.6 is 22.6 Å². The molecule has 1 saturated carbocycles. The number of phenolic OH excluding ortho intramolecular Hbond substituents is 1. The number of aliphatic carboxylic acids is 1. The number of nitrogens with zero attached hydrogens (tertiary/aromatic N) is 1. The van der Waals surface area contributed by atoms with Crippen LogP contribution < -0.4 is 0 Å². The van der Waals surface area contributed by atoms with E-state index in [9.17, 15) is 14.7 Å². The van der Waals surface area contributed by atoms with Gasteiger partial charge in [-0.2, -0.15) is 0 Å². The highest BCUT2D eigenvalue weighted by atomic mass is 127. The molecule has 2 rings (SSSR count). The molecule has 1 aromatic carbocycles. The third-order valence-corrected chi connectivity index (χ3v) is 4.44. The van der Waals surface area contributed by atoms with Gasteiger partial charge in [0.05, 0.1) is 3.57 Å². The highest BCUT2D eigenvalue weighted by Crippen LogP contribution is 2.26. The molecule has 1 amide bonds. The van der Waals surface area contributed by atoms with Crippen molar-refractivity contribution in [1.29, 1.82) is 0 Å². The molecule has 1 aliphatic rings. The number of hydrogen-bond acceptors (Lipinski definition) is 3. The van der Waals surface area contributed by atoms with E-state index in [1.54, 1.807) is 12.1 Å². The Kier molecular flexibility index (Phi) is 4.85. The number of hydrogen-bond donors (Lipinski definition) is 2. The van der Waals surface area contributed by atoms with Gasteiger partial charge in [-0.3, -0.25) is 9.59 Å². The molecule has 1 aliphatic carbocycles. The maximum atomic E-state index is 12.5. The average molecular weight is 389 g/mol. The Labute approximate surface area is 130 Å². The minimum absolute atomic E-state index is 0.0139. The smallest absolute Gasteiger partial charge is 0.323 e. The van der Waals surface area contributed by atoms with Gasteiger partial charge in [-0.15, -0.1) is 0 Å². The SMILES string of the molecule is O=C(O)CN(C(=O)c1ccc(I)c(O)c1)C1CCCC1. The molecule has 0 unspecified atom stereocenters. The van der Waals surface area contributed by atoms with Crippen molar-refractivity contribution in [3.63, 3.8) is 0 Å². The Balaban J connectivity index is 2.24. The lowest BCUT2D eigenvalue weighted by molar-refractivity contribution is -0.138. The molecule has 2 N–H and O–H groups in total. The monoisotopic (exact) mass is 389 g/mol. The fourth-order valence-corrected chi connectivity index (χ4v) is 2.88. The van der Waals surface area contributed by atoms with Gasteiger partial charge in [0.1, 0.15) is 12.3 Å². The zero-order valence-electron chi connectivity index (χ0n) is 10.9. The molecule has 1 aromatic rings.